The van der Waals surface area contributed by atoms with Gasteiger partial charge in [-0.25, -0.2) is 18.4 Å². The van der Waals surface area contributed by atoms with Crippen molar-refractivity contribution in [1.29, 1.82) is 5.26 Å². The highest BCUT2D eigenvalue weighted by molar-refractivity contribution is 6.31. The molecule has 86 heavy (non-hydrogen) atoms. The van der Waals surface area contributed by atoms with E-state index in [0.29, 0.717) is 49.4 Å². The SMILES string of the molecule is CC(C)(C)C[C@@H]1N[C@@H](C(=O)NC2CCC(CN(CCCC#Cc3ccc4c(N5CCC(=O)NC5=O)cncc4c3)CCCCC#Cc3ccc4c(N5CCC(=O)NC5=O)cncc4c3)CC2)[C@H](c2cccc(Cl)c2F)[C@@]1(C#N)c1ccc(Cl)cc1F. The average molecular weight is 1200 g/mol. The highest BCUT2D eigenvalue weighted by Crippen LogP contribution is 2.53. The number of benzene rings is 4. The van der Waals surface area contributed by atoms with Crippen LogP contribution in [-0.2, 0) is 19.8 Å². The van der Waals surface area contributed by atoms with Crippen molar-refractivity contribution >= 4 is 85.9 Å². The number of anilines is 2. The summed E-state index contributed by atoms with van der Waals surface area (Å²) in [5.41, 5.74) is 0.902. The molecule has 1 aliphatic carbocycles. The third kappa shape index (κ3) is 13.8. The molecule has 0 spiro atoms. The van der Waals surface area contributed by atoms with Crippen LogP contribution in [0.4, 0.5) is 29.7 Å². The topological polar surface area (TPSA) is 193 Å². The van der Waals surface area contributed by atoms with Gasteiger partial charge in [-0.15, -0.1) is 0 Å². The summed E-state index contributed by atoms with van der Waals surface area (Å²) in [5.74, 6) is 10.1. The number of urea groups is 2. The summed E-state index contributed by atoms with van der Waals surface area (Å²) in [5, 5.41) is 26.2. The van der Waals surface area contributed by atoms with E-state index in [9.17, 15) is 29.2 Å². The average Bonchev–Trinajstić information content (AvgIpc) is 1.55. The minimum atomic E-state index is -1.73. The maximum atomic E-state index is 16.4. The minimum absolute atomic E-state index is 0.0306. The van der Waals surface area contributed by atoms with Gasteiger partial charge in [-0.2, -0.15) is 5.26 Å². The number of halogens is 4. The summed E-state index contributed by atoms with van der Waals surface area (Å²) in [7, 11) is 0. The van der Waals surface area contributed by atoms with Gasteiger partial charge in [0.05, 0.1) is 40.9 Å². The first-order valence-corrected chi connectivity index (χ1v) is 30.2. The van der Waals surface area contributed by atoms with Gasteiger partial charge in [0.15, 0.2) is 0 Å². The molecule has 6 aromatic rings. The van der Waals surface area contributed by atoms with Crippen LogP contribution in [0.3, 0.4) is 0 Å². The first kappa shape index (κ1) is 61.1. The molecule has 4 aliphatic rings. The van der Waals surface area contributed by atoms with E-state index in [1.54, 1.807) is 30.9 Å². The second kappa shape index (κ2) is 26.7. The van der Waals surface area contributed by atoms with Crippen molar-refractivity contribution < 1.29 is 32.8 Å². The van der Waals surface area contributed by atoms with Gasteiger partial charge in [0, 0.05) is 119 Å². The fourth-order valence-electron chi connectivity index (χ4n) is 12.8. The van der Waals surface area contributed by atoms with Crippen LogP contribution in [0.15, 0.2) is 97.6 Å². The standard InChI is InChI=1S/C67H68Cl2F2N10O5/c1-66(2,3)35-57-67(41-72,52-25-20-47(68)34-54(52)70)60(51-14-11-15-53(69)61(51)71)62(76-57)63(84)75-48-21-16-44(17-22-48)40-79(29-10-6-8-13-43-19-24-50-46(33-43)37-74-39-56(50)81-31-27-59(83)78-65(81)86)28-9-5-4-7-12-42-18-23-49-45(32-42)36-73-38-55(49)80-30-26-58(82)77-64(80)85/h11,14-15,18-20,23-25,32-34,36-39,44,48,57,60,62,76H,4-6,9-10,16-17,21-22,26-31,35,40H2,1-3H3,(H,75,84)(H,77,82,85)(H,78,83,86)/t44?,48?,57-,60-,62+,67-/m0/s1. The van der Waals surface area contributed by atoms with Crippen LogP contribution in [0, 0.1) is 58.0 Å². The van der Waals surface area contributed by atoms with Crippen LogP contribution < -0.4 is 31.1 Å². The number of unbranched alkanes of at least 4 members (excludes halogenated alkanes) is 3. The van der Waals surface area contributed by atoms with E-state index in [-0.39, 0.29) is 76.3 Å². The summed E-state index contributed by atoms with van der Waals surface area (Å²) < 4.78 is 32.6. The van der Waals surface area contributed by atoms with E-state index in [4.69, 9.17) is 23.2 Å². The molecule has 10 rings (SSSR count). The zero-order valence-corrected chi connectivity index (χ0v) is 49.9. The number of carbonyl (C=O) groups excluding carboxylic acids is 5. The van der Waals surface area contributed by atoms with Gasteiger partial charge in [0.2, 0.25) is 17.7 Å². The normalized spacial score (nSPS) is 21.5. The van der Waals surface area contributed by atoms with Gasteiger partial charge in [0.1, 0.15) is 17.0 Å². The number of hydrogen-bond donors (Lipinski definition) is 4. The molecular weight excluding hydrogens is 1130 g/mol. The van der Waals surface area contributed by atoms with Crippen molar-refractivity contribution in [3.05, 3.63) is 142 Å². The third-order valence-corrected chi connectivity index (χ3v) is 17.4. The van der Waals surface area contributed by atoms with E-state index < -0.39 is 47.1 Å². The number of carbonyl (C=O) groups is 5. The van der Waals surface area contributed by atoms with Gasteiger partial charge < -0.3 is 15.5 Å². The van der Waals surface area contributed by atoms with E-state index in [1.165, 1.54) is 34.1 Å². The Morgan fingerprint density at radius 2 is 1.36 bits per heavy atom. The molecule has 5 heterocycles. The molecule has 1 saturated carbocycles. The van der Waals surface area contributed by atoms with Gasteiger partial charge in [-0.1, -0.05) is 98.0 Å². The van der Waals surface area contributed by atoms with E-state index in [1.807, 2.05) is 57.2 Å². The Labute approximate surface area is 510 Å². The van der Waals surface area contributed by atoms with E-state index >= 15 is 8.78 Å². The molecule has 4 atom stereocenters. The minimum Gasteiger partial charge on any atom is -0.352 e. The summed E-state index contributed by atoms with van der Waals surface area (Å²) in [4.78, 5) is 78.0. The quantitative estimate of drug-likeness (QED) is 0.0535. The van der Waals surface area contributed by atoms with Gasteiger partial charge in [0.25, 0.3) is 0 Å². The summed E-state index contributed by atoms with van der Waals surface area (Å²) in [6.07, 6.45) is 14.7. The molecule has 19 heteroatoms. The van der Waals surface area contributed by atoms with Crippen LogP contribution >= 0.6 is 23.2 Å². The summed E-state index contributed by atoms with van der Waals surface area (Å²) >= 11 is 12.6. The Bertz CT molecular complexity index is 3780. The molecular formula is C67H68Cl2F2N10O5. The molecule has 3 saturated heterocycles. The van der Waals surface area contributed by atoms with Gasteiger partial charge in [-0.3, -0.25) is 44.8 Å². The lowest BCUT2D eigenvalue weighted by atomic mass is 9.62. The van der Waals surface area contributed by atoms with Crippen molar-refractivity contribution in [2.45, 2.75) is 127 Å². The number of imide groups is 2. The Balaban J connectivity index is 0.800. The molecule has 0 bridgehead atoms. The number of nitrogens with zero attached hydrogens (tertiary/aromatic N) is 6. The Morgan fingerprint density at radius 3 is 1.93 bits per heavy atom. The molecule has 7 amide bonds. The number of nitriles is 1. The first-order valence-electron chi connectivity index (χ1n) is 29.4. The van der Waals surface area contributed by atoms with Crippen LogP contribution in [-0.4, -0.2) is 95.5 Å². The lowest BCUT2D eigenvalue weighted by Gasteiger charge is -2.37. The predicted molar refractivity (Wildman–Crippen MR) is 329 cm³/mol. The second-order valence-electron chi connectivity index (χ2n) is 24.1. The van der Waals surface area contributed by atoms with E-state index in [0.717, 1.165) is 90.5 Å². The zero-order valence-electron chi connectivity index (χ0n) is 48.4. The monoisotopic (exact) mass is 1200 g/mol. The maximum absolute atomic E-state index is 16.4. The number of hydrogen-bond acceptors (Lipinski definition) is 10. The Kier molecular flexibility index (Phi) is 19.0. The number of fused-ring (bicyclic) bond motifs is 2. The maximum Gasteiger partial charge on any atom is 0.328 e. The Hall–Kier alpha value is -7.98. The van der Waals surface area contributed by atoms with Crippen molar-refractivity contribution in [3.63, 3.8) is 0 Å². The highest BCUT2D eigenvalue weighted by atomic mass is 35.5. The third-order valence-electron chi connectivity index (χ3n) is 16.9. The molecule has 4 aromatic carbocycles. The number of rotatable bonds is 16. The van der Waals surface area contributed by atoms with Gasteiger partial charge >= 0.3 is 12.1 Å². The number of amides is 7. The van der Waals surface area contributed by atoms with Crippen molar-refractivity contribution in [2.24, 2.45) is 11.3 Å². The fourth-order valence-corrected chi connectivity index (χ4v) is 13.1. The number of aromatic nitrogens is 2. The fraction of sp³-hybridized carbons (Fsp3) is 0.403. The number of nitrogens with one attached hydrogen (secondary N) is 4. The van der Waals surface area contributed by atoms with Crippen LogP contribution in [0.2, 0.25) is 10.0 Å². The van der Waals surface area contributed by atoms with Crippen LogP contribution in [0.25, 0.3) is 21.5 Å². The molecule has 0 radical (unpaired) electrons. The van der Waals surface area contributed by atoms with Crippen LogP contribution in [0.5, 0.6) is 0 Å². The smallest absolute Gasteiger partial charge is 0.328 e. The molecule has 4 fully saturated rings. The molecule has 0 unspecified atom stereocenters. The molecule has 15 nitrogen and oxygen atoms in total. The summed E-state index contributed by atoms with van der Waals surface area (Å²) in [6.45, 7) is 9.11. The summed E-state index contributed by atoms with van der Waals surface area (Å²) in [6, 6.07) is 19.8. The number of pyridine rings is 2. The van der Waals surface area contributed by atoms with Gasteiger partial charge in [-0.05, 0) is 124 Å². The van der Waals surface area contributed by atoms with Crippen molar-refractivity contribution in [1.82, 2.24) is 36.1 Å². The lowest BCUT2D eigenvalue weighted by molar-refractivity contribution is -0.124. The molecule has 444 valence electrons. The molecule has 3 aliphatic heterocycles. The lowest BCUT2D eigenvalue weighted by Crippen LogP contribution is -2.49. The van der Waals surface area contributed by atoms with Crippen molar-refractivity contribution in [3.8, 4) is 29.8 Å². The van der Waals surface area contributed by atoms with E-state index in [2.05, 4.69) is 65.9 Å². The zero-order chi connectivity index (χ0) is 60.7. The predicted octanol–water partition coefficient (Wildman–Crippen LogP) is 11.6. The highest BCUT2D eigenvalue weighted by Gasteiger charge is 2.61. The van der Waals surface area contributed by atoms with Crippen LogP contribution in [0.1, 0.15) is 126 Å². The molecule has 2 aromatic heterocycles. The first-order chi connectivity index (χ1) is 41.4. The molecule has 4 N–H and O–H groups in total. The second-order valence-corrected chi connectivity index (χ2v) is 24.9. The van der Waals surface area contributed by atoms with Crippen molar-refractivity contribution in [2.75, 3.05) is 42.5 Å². The Morgan fingerprint density at radius 1 is 0.767 bits per heavy atom. The largest absolute Gasteiger partial charge is 0.352 e.